The number of benzene rings is 2. The van der Waals surface area contributed by atoms with Gasteiger partial charge in [0.1, 0.15) is 5.75 Å². The summed E-state index contributed by atoms with van der Waals surface area (Å²) in [6.07, 6.45) is -0.334. The van der Waals surface area contributed by atoms with E-state index in [4.69, 9.17) is 4.74 Å². The number of ether oxygens (including phenoxy) is 1. The Morgan fingerprint density at radius 1 is 1.03 bits per heavy atom. The number of carbonyl (C=O) groups excluding carboxylic acids is 1. The Balaban J connectivity index is 1.72. The molecule has 1 heterocycles. The first-order chi connectivity index (χ1) is 17.0. The second kappa shape index (κ2) is 12.0. The lowest BCUT2D eigenvalue weighted by molar-refractivity contribution is -0.384. The van der Waals surface area contributed by atoms with Crippen molar-refractivity contribution in [3.8, 4) is 5.75 Å². The number of amides is 1. The van der Waals surface area contributed by atoms with Gasteiger partial charge in [-0.25, -0.2) is 0 Å². The Labute approximate surface area is 215 Å². The monoisotopic (exact) mass is 511 g/mol. The SMILES string of the molecule is CC(C)Cn1c(SC(C)C(=O)Nc2ccc([N+](=O)[O-])cc2)nnc1C(C)Oc1ccc(C(C)C)cc1. The van der Waals surface area contributed by atoms with Gasteiger partial charge >= 0.3 is 0 Å². The topological polar surface area (TPSA) is 112 Å². The van der Waals surface area contributed by atoms with Gasteiger partial charge in [-0.2, -0.15) is 0 Å². The summed E-state index contributed by atoms with van der Waals surface area (Å²) < 4.78 is 8.18. The molecule has 3 rings (SSSR count). The molecule has 0 radical (unpaired) electrons. The number of non-ortho nitro benzene ring substituents is 1. The van der Waals surface area contributed by atoms with Crippen LogP contribution in [0.5, 0.6) is 5.75 Å². The number of anilines is 1. The highest BCUT2D eigenvalue weighted by molar-refractivity contribution is 8.00. The van der Waals surface area contributed by atoms with Crippen LogP contribution in [0.25, 0.3) is 0 Å². The van der Waals surface area contributed by atoms with Crippen LogP contribution >= 0.6 is 11.8 Å². The quantitative estimate of drug-likeness (QED) is 0.185. The van der Waals surface area contributed by atoms with Crippen LogP contribution in [0.2, 0.25) is 0 Å². The molecule has 10 heteroatoms. The number of carbonyl (C=O) groups is 1. The first-order valence-corrected chi connectivity index (χ1v) is 12.8. The summed E-state index contributed by atoms with van der Waals surface area (Å²) in [6.45, 7) is 12.9. The molecule has 192 valence electrons. The Morgan fingerprint density at radius 3 is 2.22 bits per heavy atom. The highest BCUT2D eigenvalue weighted by Crippen LogP contribution is 2.29. The Morgan fingerprint density at radius 2 is 1.67 bits per heavy atom. The lowest BCUT2D eigenvalue weighted by Gasteiger charge is -2.19. The molecular weight excluding hydrogens is 478 g/mol. The molecule has 36 heavy (non-hydrogen) atoms. The van der Waals surface area contributed by atoms with Crippen LogP contribution < -0.4 is 10.1 Å². The fourth-order valence-electron chi connectivity index (χ4n) is 3.53. The third-order valence-corrected chi connectivity index (χ3v) is 6.59. The summed E-state index contributed by atoms with van der Waals surface area (Å²) in [5, 5.41) is 22.6. The molecule has 9 nitrogen and oxygen atoms in total. The molecule has 2 unspecified atom stereocenters. The van der Waals surface area contributed by atoms with E-state index in [9.17, 15) is 14.9 Å². The van der Waals surface area contributed by atoms with Crippen molar-refractivity contribution in [1.29, 1.82) is 0 Å². The molecule has 0 fully saturated rings. The second-order valence-electron chi connectivity index (χ2n) is 9.38. The van der Waals surface area contributed by atoms with Crippen LogP contribution in [0.3, 0.4) is 0 Å². The van der Waals surface area contributed by atoms with Crippen molar-refractivity contribution in [2.45, 2.75) is 70.5 Å². The van der Waals surface area contributed by atoms with Crippen molar-refractivity contribution in [1.82, 2.24) is 14.8 Å². The van der Waals surface area contributed by atoms with Gasteiger partial charge < -0.3 is 14.6 Å². The molecule has 0 saturated heterocycles. The van der Waals surface area contributed by atoms with Gasteiger partial charge in [-0.1, -0.05) is 51.6 Å². The van der Waals surface area contributed by atoms with Crippen molar-refractivity contribution >= 4 is 29.0 Å². The van der Waals surface area contributed by atoms with Crippen LogP contribution in [-0.4, -0.2) is 30.8 Å². The van der Waals surface area contributed by atoms with Crippen LogP contribution in [0, 0.1) is 16.0 Å². The van der Waals surface area contributed by atoms with Gasteiger partial charge in [0.05, 0.1) is 10.2 Å². The third-order valence-electron chi connectivity index (χ3n) is 5.51. The molecule has 0 aliphatic carbocycles. The average Bonchev–Trinajstić information content (AvgIpc) is 3.21. The zero-order valence-corrected chi connectivity index (χ0v) is 22.3. The van der Waals surface area contributed by atoms with Gasteiger partial charge in [0, 0.05) is 24.4 Å². The molecule has 3 aromatic rings. The van der Waals surface area contributed by atoms with Crippen LogP contribution in [0.15, 0.2) is 53.7 Å². The van der Waals surface area contributed by atoms with Crippen molar-refractivity contribution in [2.24, 2.45) is 5.92 Å². The van der Waals surface area contributed by atoms with Crippen LogP contribution in [-0.2, 0) is 11.3 Å². The smallest absolute Gasteiger partial charge is 0.269 e. The molecule has 0 bridgehead atoms. The number of nitrogens with one attached hydrogen (secondary N) is 1. The fourth-order valence-corrected chi connectivity index (χ4v) is 4.40. The molecule has 2 aromatic carbocycles. The summed E-state index contributed by atoms with van der Waals surface area (Å²) >= 11 is 1.31. The number of nitro benzene ring substituents is 1. The minimum Gasteiger partial charge on any atom is -0.483 e. The predicted molar refractivity (Wildman–Crippen MR) is 141 cm³/mol. The maximum atomic E-state index is 12.8. The largest absolute Gasteiger partial charge is 0.483 e. The van der Waals surface area contributed by atoms with E-state index >= 15 is 0 Å². The van der Waals surface area contributed by atoms with Crippen molar-refractivity contribution in [3.63, 3.8) is 0 Å². The summed E-state index contributed by atoms with van der Waals surface area (Å²) in [5.41, 5.74) is 1.71. The first kappa shape index (κ1) is 27.2. The molecule has 0 spiro atoms. The van der Waals surface area contributed by atoms with E-state index in [-0.39, 0.29) is 17.7 Å². The van der Waals surface area contributed by atoms with Gasteiger partial charge in [0.15, 0.2) is 17.1 Å². The maximum Gasteiger partial charge on any atom is 0.269 e. The van der Waals surface area contributed by atoms with Crippen LogP contribution in [0.1, 0.15) is 65.0 Å². The van der Waals surface area contributed by atoms with Gasteiger partial charge in [0.25, 0.3) is 5.69 Å². The molecule has 1 amide bonds. The summed E-state index contributed by atoms with van der Waals surface area (Å²) in [5.74, 6) is 2.01. The molecule has 1 N–H and O–H groups in total. The number of aromatic nitrogens is 3. The van der Waals surface area contributed by atoms with Crippen molar-refractivity contribution < 1.29 is 14.5 Å². The van der Waals surface area contributed by atoms with E-state index in [1.807, 2.05) is 23.6 Å². The minimum absolute atomic E-state index is 0.0306. The number of thioether (sulfide) groups is 1. The predicted octanol–water partition coefficient (Wildman–Crippen LogP) is 6.23. The molecule has 1 aromatic heterocycles. The van der Waals surface area contributed by atoms with Gasteiger partial charge in [-0.3, -0.25) is 14.9 Å². The van der Waals surface area contributed by atoms with Gasteiger partial charge in [-0.15, -0.1) is 10.2 Å². The van der Waals surface area contributed by atoms with E-state index in [0.29, 0.717) is 35.0 Å². The van der Waals surface area contributed by atoms with Crippen LogP contribution in [0.4, 0.5) is 11.4 Å². The first-order valence-electron chi connectivity index (χ1n) is 12.0. The molecular formula is C26H33N5O4S. The van der Waals surface area contributed by atoms with E-state index in [1.165, 1.54) is 41.6 Å². The Bertz CT molecular complexity index is 1180. The van der Waals surface area contributed by atoms with E-state index in [1.54, 1.807) is 6.92 Å². The van der Waals surface area contributed by atoms with E-state index in [0.717, 1.165) is 5.75 Å². The Kier molecular flexibility index (Phi) is 9.08. The zero-order chi connectivity index (χ0) is 26.4. The third kappa shape index (κ3) is 7.07. The standard InChI is InChI=1S/C26H33N5O4S/c1-16(2)15-30-24(18(5)35-23-13-7-20(8-14-23)17(3)4)28-29-26(30)36-19(6)25(32)27-21-9-11-22(12-10-21)31(33)34/h7-14,16-19H,15H2,1-6H3,(H,27,32). The number of rotatable bonds is 11. The normalized spacial score (nSPS) is 13.0. The minimum atomic E-state index is -0.478. The molecule has 0 aliphatic rings. The van der Waals surface area contributed by atoms with E-state index in [2.05, 4.69) is 55.3 Å². The number of nitrogens with zero attached hydrogens (tertiary/aromatic N) is 4. The molecule has 0 aliphatic heterocycles. The average molecular weight is 512 g/mol. The second-order valence-corrected chi connectivity index (χ2v) is 10.7. The lowest BCUT2D eigenvalue weighted by Crippen LogP contribution is -2.23. The Hall–Kier alpha value is -3.40. The molecule has 0 saturated carbocycles. The highest BCUT2D eigenvalue weighted by Gasteiger charge is 2.24. The summed E-state index contributed by atoms with van der Waals surface area (Å²) in [6, 6.07) is 13.8. The number of hydrogen-bond acceptors (Lipinski definition) is 7. The van der Waals surface area contributed by atoms with Crippen molar-refractivity contribution in [3.05, 3.63) is 70.0 Å². The van der Waals surface area contributed by atoms with Crippen molar-refractivity contribution in [2.75, 3.05) is 5.32 Å². The summed E-state index contributed by atoms with van der Waals surface area (Å²) in [7, 11) is 0. The maximum absolute atomic E-state index is 12.8. The fraction of sp³-hybridized carbons (Fsp3) is 0.423. The van der Waals surface area contributed by atoms with Gasteiger partial charge in [-0.05, 0) is 55.5 Å². The van der Waals surface area contributed by atoms with Gasteiger partial charge in [0.2, 0.25) is 5.91 Å². The highest BCUT2D eigenvalue weighted by atomic mass is 32.2. The number of hydrogen-bond donors (Lipinski definition) is 1. The molecule has 2 atom stereocenters. The zero-order valence-electron chi connectivity index (χ0n) is 21.5. The summed E-state index contributed by atoms with van der Waals surface area (Å²) in [4.78, 5) is 23.1. The lowest BCUT2D eigenvalue weighted by atomic mass is 10.0. The number of nitro groups is 1. The van der Waals surface area contributed by atoms with E-state index < -0.39 is 10.2 Å².